The van der Waals surface area contributed by atoms with Gasteiger partial charge in [-0.05, 0) is 0 Å². The van der Waals surface area contributed by atoms with Crippen LogP contribution >= 0.6 is 7.72 Å². The molecule has 12 heavy (non-hydrogen) atoms. The summed E-state index contributed by atoms with van der Waals surface area (Å²) >= 11 is 0. The maximum atomic E-state index is 5.39. The molecular formula is C9H15O2P. The molecule has 0 fully saturated rings. The van der Waals surface area contributed by atoms with Crippen LogP contribution in [0.4, 0.5) is 0 Å². The molecule has 0 N–H and O–H groups in total. The molecule has 0 unspecified atom stereocenters. The second-order valence-corrected chi connectivity index (χ2v) is 6.01. The molecule has 0 aromatic heterocycles. The van der Waals surface area contributed by atoms with Crippen molar-refractivity contribution in [3.05, 3.63) is 30.3 Å². The molecule has 0 bridgehead atoms. The van der Waals surface area contributed by atoms with Crippen LogP contribution in [-0.4, -0.2) is 20.9 Å². The molecule has 0 amide bonds. The Morgan fingerprint density at radius 1 is 1.00 bits per heavy atom. The van der Waals surface area contributed by atoms with E-state index in [1.807, 2.05) is 37.0 Å². The van der Waals surface area contributed by atoms with E-state index in [0.717, 1.165) is 5.30 Å². The van der Waals surface area contributed by atoms with Crippen LogP contribution in [-0.2, 0) is 9.05 Å². The summed E-state index contributed by atoms with van der Waals surface area (Å²) in [6.07, 6.45) is 0. The number of hydrogen-bond donors (Lipinski definition) is 0. The van der Waals surface area contributed by atoms with Crippen molar-refractivity contribution in [3.63, 3.8) is 0 Å². The Balaban J connectivity index is 2.95. The first-order valence-corrected chi connectivity index (χ1v) is 6.20. The minimum absolute atomic E-state index is 1.16. The minimum atomic E-state index is -2.07. The van der Waals surface area contributed by atoms with Crippen LogP contribution < -0.4 is 5.30 Å². The second-order valence-electron chi connectivity index (χ2n) is 2.72. The van der Waals surface area contributed by atoms with E-state index in [2.05, 4.69) is 0 Å². The molecule has 1 rings (SSSR count). The van der Waals surface area contributed by atoms with E-state index in [9.17, 15) is 0 Å². The van der Waals surface area contributed by atoms with Crippen LogP contribution in [0.5, 0.6) is 0 Å². The zero-order valence-corrected chi connectivity index (χ0v) is 8.70. The number of rotatable bonds is 3. The third-order valence-electron chi connectivity index (χ3n) is 2.08. The molecule has 1 aromatic carbocycles. The first-order valence-electron chi connectivity index (χ1n) is 3.89. The average Bonchev–Trinajstić information content (AvgIpc) is 2.18. The zero-order chi connectivity index (χ0) is 9.03. The van der Waals surface area contributed by atoms with Gasteiger partial charge in [0.25, 0.3) is 0 Å². The van der Waals surface area contributed by atoms with Crippen LogP contribution in [0.25, 0.3) is 0 Å². The molecule has 0 aliphatic heterocycles. The van der Waals surface area contributed by atoms with Gasteiger partial charge in [-0.25, -0.2) is 0 Å². The summed E-state index contributed by atoms with van der Waals surface area (Å²) in [5, 5.41) is 1.16. The summed E-state index contributed by atoms with van der Waals surface area (Å²) in [5.41, 5.74) is 0. The van der Waals surface area contributed by atoms with E-state index >= 15 is 0 Å². The van der Waals surface area contributed by atoms with E-state index in [0.29, 0.717) is 0 Å². The van der Waals surface area contributed by atoms with Gasteiger partial charge in [0.15, 0.2) is 0 Å². The molecule has 0 saturated heterocycles. The van der Waals surface area contributed by atoms with Crippen LogP contribution in [0, 0.1) is 0 Å². The monoisotopic (exact) mass is 186 g/mol. The maximum absolute atomic E-state index is 5.39. The average molecular weight is 186 g/mol. The third-order valence-corrected chi connectivity index (χ3v) is 5.02. The molecule has 0 heterocycles. The first-order chi connectivity index (χ1) is 5.73. The molecule has 0 aliphatic carbocycles. The standard InChI is InChI=1S/C9H15O2P/c1-10-12(3,11-2)9-7-5-4-6-8-9/h4-8,12H,1-3H3. The fourth-order valence-corrected chi connectivity index (χ4v) is 2.50. The Hall–Kier alpha value is -0.430. The molecule has 2 nitrogen and oxygen atoms in total. The number of hydrogen-bond acceptors (Lipinski definition) is 2. The van der Waals surface area contributed by atoms with Gasteiger partial charge in [0.2, 0.25) is 0 Å². The van der Waals surface area contributed by atoms with Gasteiger partial charge < -0.3 is 0 Å². The van der Waals surface area contributed by atoms with Gasteiger partial charge in [-0.15, -0.1) is 0 Å². The molecule has 0 saturated carbocycles. The van der Waals surface area contributed by atoms with Crippen molar-refractivity contribution in [2.75, 3.05) is 20.9 Å². The Labute approximate surface area is 74.0 Å². The van der Waals surface area contributed by atoms with Crippen molar-refractivity contribution in [2.24, 2.45) is 0 Å². The normalized spacial score (nSPS) is 12.9. The van der Waals surface area contributed by atoms with Crippen LogP contribution in [0.3, 0.4) is 0 Å². The van der Waals surface area contributed by atoms with E-state index in [1.165, 1.54) is 0 Å². The summed E-state index contributed by atoms with van der Waals surface area (Å²) in [6, 6.07) is 10.1. The fourth-order valence-electron chi connectivity index (χ4n) is 1.06. The van der Waals surface area contributed by atoms with Gasteiger partial charge in [-0.2, -0.15) is 0 Å². The van der Waals surface area contributed by atoms with E-state index in [4.69, 9.17) is 9.05 Å². The number of benzene rings is 1. The quantitative estimate of drug-likeness (QED) is 0.670. The van der Waals surface area contributed by atoms with Gasteiger partial charge in [-0.1, -0.05) is 0 Å². The third kappa shape index (κ3) is 1.84. The van der Waals surface area contributed by atoms with Crippen molar-refractivity contribution in [2.45, 2.75) is 0 Å². The SMILES string of the molecule is CO[PH](C)(OC)c1ccccc1. The molecule has 0 atom stereocenters. The van der Waals surface area contributed by atoms with Crippen LogP contribution in [0.2, 0.25) is 0 Å². The van der Waals surface area contributed by atoms with Crippen LogP contribution in [0.1, 0.15) is 0 Å². The van der Waals surface area contributed by atoms with Crippen LogP contribution in [0.15, 0.2) is 30.3 Å². The fraction of sp³-hybridized carbons (Fsp3) is 0.333. The molecule has 0 radical (unpaired) electrons. The Morgan fingerprint density at radius 2 is 1.50 bits per heavy atom. The van der Waals surface area contributed by atoms with Crippen molar-refractivity contribution >= 4 is 13.0 Å². The topological polar surface area (TPSA) is 18.5 Å². The van der Waals surface area contributed by atoms with Crippen molar-refractivity contribution in [1.82, 2.24) is 0 Å². The summed E-state index contributed by atoms with van der Waals surface area (Å²) in [5.74, 6) is 0. The van der Waals surface area contributed by atoms with Gasteiger partial charge in [0.05, 0.1) is 0 Å². The molecule has 68 valence electrons. The van der Waals surface area contributed by atoms with E-state index < -0.39 is 7.72 Å². The summed E-state index contributed by atoms with van der Waals surface area (Å²) in [4.78, 5) is 0. The Morgan fingerprint density at radius 3 is 1.92 bits per heavy atom. The molecular weight excluding hydrogens is 171 g/mol. The van der Waals surface area contributed by atoms with Crippen molar-refractivity contribution in [3.8, 4) is 0 Å². The molecule has 1 aromatic rings. The van der Waals surface area contributed by atoms with Gasteiger partial charge >= 0.3 is 73.3 Å². The predicted molar refractivity (Wildman–Crippen MR) is 54.3 cm³/mol. The zero-order valence-electron chi connectivity index (χ0n) is 7.70. The second kappa shape index (κ2) is 3.99. The van der Waals surface area contributed by atoms with Gasteiger partial charge in [0, 0.05) is 0 Å². The van der Waals surface area contributed by atoms with E-state index in [-0.39, 0.29) is 0 Å². The van der Waals surface area contributed by atoms with Crippen molar-refractivity contribution < 1.29 is 9.05 Å². The van der Waals surface area contributed by atoms with Crippen molar-refractivity contribution in [1.29, 1.82) is 0 Å². The van der Waals surface area contributed by atoms with Gasteiger partial charge in [0.1, 0.15) is 0 Å². The first kappa shape index (κ1) is 9.66. The predicted octanol–water partition coefficient (Wildman–Crippen LogP) is 1.81. The summed E-state index contributed by atoms with van der Waals surface area (Å²) in [7, 11) is 1.32. The van der Waals surface area contributed by atoms with E-state index in [1.54, 1.807) is 14.2 Å². The molecule has 0 aliphatic rings. The molecule has 0 spiro atoms. The Kier molecular flexibility index (Phi) is 3.21. The molecule has 3 heteroatoms. The van der Waals surface area contributed by atoms with Gasteiger partial charge in [-0.3, -0.25) is 0 Å². The summed E-state index contributed by atoms with van der Waals surface area (Å²) < 4.78 is 10.8. The Bertz CT molecular complexity index is 232. The summed E-state index contributed by atoms with van der Waals surface area (Å²) in [6.45, 7) is 2.03.